The largest absolute Gasteiger partial charge is 0.276 e. The van der Waals surface area contributed by atoms with Crippen LogP contribution in [0, 0.1) is 0 Å². The molecule has 4 nitrogen and oxygen atoms in total. The second-order valence-electron chi connectivity index (χ2n) is 2.95. The Morgan fingerprint density at radius 2 is 2.13 bits per heavy atom. The van der Waals surface area contributed by atoms with Crippen LogP contribution in [0.1, 0.15) is 4.79 Å². The van der Waals surface area contributed by atoms with Crippen LogP contribution >= 0.6 is 15.9 Å². The van der Waals surface area contributed by atoms with E-state index < -0.39 is 5.56 Å². The number of fused-ring (bicyclic) bond motifs is 1. The zero-order valence-corrected chi connectivity index (χ0v) is 9.27. The van der Waals surface area contributed by atoms with Gasteiger partial charge in [-0.1, -0.05) is 28.1 Å². The van der Waals surface area contributed by atoms with Gasteiger partial charge in [-0.15, -0.1) is 0 Å². The zero-order chi connectivity index (χ0) is 10.8. The van der Waals surface area contributed by atoms with Gasteiger partial charge in [0.2, 0.25) is 5.91 Å². The summed E-state index contributed by atoms with van der Waals surface area (Å²) in [5.74, 6) is -0.293. The third-order valence-corrected chi connectivity index (χ3v) is 2.50. The van der Waals surface area contributed by atoms with E-state index in [0.29, 0.717) is 11.0 Å². The van der Waals surface area contributed by atoms with Crippen molar-refractivity contribution < 1.29 is 4.79 Å². The van der Waals surface area contributed by atoms with E-state index >= 15 is 0 Å². The second kappa shape index (κ2) is 3.94. The first-order chi connectivity index (χ1) is 7.24. The topological polar surface area (TPSA) is 52.0 Å². The number of para-hydroxylation sites is 2. The Morgan fingerprint density at radius 3 is 2.87 bits per heavy atom. The average molecular weight is 267 g/mol. The van der Waals surface area contributed by atoms with Gasteiger partial charge in [0.05, 0.1) is 22.6 Å². The number of aromatic nitrogens is 2. The van der Waals surface area contributed by atoms with E-state index in [1.165, 1.54) is 0 Å². The number of carbonyl (C=O) groups is 1. The van der Waals surface area contributed by atoms with Gasteiger partial charge in [-0.3, -0.25) is 9.59 Å². The minimum absolute atomic E-state index is 0.112. The lowest BCUT2D eigenvalue weighted by Crippen LogP contribution is -2.27. The monoisotopic (exact) mass is 266 g/mol. The number of benzene rings is 1. The molecule has 0 aliphatic rings. The molecule has 0 saturated carbocycles. The lowest BCUT2D eigenvalue weighted by atomic mass is 10.3. The third kappa shape index (κ3) is 1.70. The Balaban J connectivity index is 2.86. The van der Waals surface area contributed by atoms with Gasteiger partial charge in [-0.2, -0.15) is 0 Å². The number of alkyl halides is 1. The molecule has 0 bridgehead atoms. The maximum atomic E-state index is 11.5. The van der Waals surface area contributed by atoms with Crippen LogP contribution in [0.2, 0.25) is 0 Å². The molecule has 0 fully saturated rings. The van der Waals surface area contributed by atoms with Crippen molar-refractivity contribution >= 4 is 32.9 Å². The van der Waals surface area contributed by atoms with Crippen LogP contribution < -0.4 is 5.56 Å². The van der Waals surface area contributed by atoms with E-state index in [1.807, 2.05) is 6.07 Å². The van der Waals surface area contributed by atoms with E-state index in [9.17, 15) is 9.59 Å². The summed E-state index contributed by atoms with van der Waals surface area (Å²) in [5.41, 5.74) is 0.763. The Kier molecular flexibility index (Phi) is 2.64. The number of hydrogen-bond donors (Lipinski definition) is 0. The lowest BCUT2D eigenvalue weighted by Gasteiger charge is -2.05. The van der Waals surface area contributed by atoms with E-state index in [2.05, 4.69) is 20.9 Å². The summed E-state index contributed by atoms with van der Waals surface area (Å²) in [6, 6.07) is 7.03. The van der Waals surface area contributed by atoms with Crippen LogP contribution in [0.5, 0.6) is 0 Å². The highest BCUT2D eigenvalue weighted by Gasteiger charge is 2.09. The van der Waals surface area contributed by atoms with Crippen LogP contribution in [0.25, 0.3) is 11.0 Å². The van der Waals surface area contributed by atoms with Gasteiger partial charge < -0.3 is 0 Å². The lowest BCUT2D eigenvalue weighted by molar-refractivity contribution is 0.0944. The molecular formula is C10H7BrN2O2. The van der Waals surface area contributed by atoms with E-state index in [0.717, 1.165) is 10.8 Å². The smallest absolute Gasteiger partial charge is 0.273 e. The first-order valence-corrected chi connectivity index (χ1v) is 5.42. The maximum absolute atomic E-state index is 11.5. The number of carbonyl (C=O) groups excluding carboxylic acids is 1. The van der Waals surface area contributed by atoms with Gasteiger partial charge >= 0.3 is 0 Å². The quantitative estimate of drug-likeness (QED) is 0.734. The van der Waals surface area contributed by atoms with Gasteiger partial charge in [0.1, 0.15) is 0 Å². The standard InChI is InChI=1S/C10H7BrN2O2/c11-5-9(14)13-8-4-2-1-3-7(8)12-6-10(13)15/h1-4,6H,5H2. The van der Waals surface area contributed by atoms with E-state index in [1.54, 1.807) is 18.2 Å². The number of halogens is 1. The Labute approximate surface area is 93.7 Å². The summed E-state index contributed by atoms with van der Waals surface area (Å²) < 4.78 is 1.12. The van der Waals surface area contributed by atoms with Gasteiger partial charge in [-0.05, 0) is 12.1 Å². The molecule has 0 radical (unpaired) electrons. The third-order valence-electron chi connectivity index (χ3n) is 2.02. The zero-order valence-electron chi connectivity index (χ0n) is 7.68. The van der Waals surface area contributed by atoms with Crippen molar-refractivity contribution in [1.29, 1.82) is 0 Å². The molecule has 0 aliphatic heterocycles. The normalized spacial score (nSPS) is 10.5. The number of nitrogens with zero attached hydrogens (tertiary/aromatic N) is 2. The Morgan fingerprint density at radius 1 is 1.40 bits per heavy atom. The molecule has 15 heavy (non-hydrogen) atoms. The van der Waals surface area contributed by atoms with Crippen LogP contribution in [-0.4, -0.2) is 20.8 Å². The maximum Gasteiger partial charge on any atom is 0.276 e. The van der Waals surface area contributed by atoms with Crippen LogP contribution in [-0.2, 0) is 0 Å². The first kappa shape index (κ1) is 10.0. The first-order valence-electron chi connectivity index (χ1n) is 4.30. The molecule has 0 spiro atoms. The molecule has 0 N–H and O–H groups in total. The molecule has 5 heteroatoms. The van der Waals surface area contributed by atoms with Gasteiger partial charge in [0, 0.05) is 0 Å². The molecule has 1 heterocycles. The Hall–Kier alpha value is -1.49. The number of rotatable bonds is 1. The molecule has 0 atom stereocenters. The molecule has 76 valence electrons. The second-order valence-corrected chi connectivity index (χ2v) is 3.51. The van der Waals surface area contributed by atoms with Crippen molar-refractivity contribution in [2.45, 2.75) is 0 Å². The predicted molar refractivity (Wildman–Crippen MR) is 60.4 cm³/mol. The molecule has 0 aliphatic carbocycles. The summed E-state index contributed by atoms with van der Waals surface area (Å²) in [4.78, 5) is 27.0. The summed E-state index contributed by atoms with van der Waals surface area (Å²) in [7, 11) is 0. The van der Waals surface area contributed by atoms with Crippen molar-refractivity contribution in [3.8, 4) is 0 Å². The van der Waals surface area contributed by atoms with Crippen LogP contribution in [0.3, 0.4) is 0 Å². The SMILES string of the molecule is O=C(CBr)n1c(=O)cnc2ccccc21. The predicted octanol–water partition coefficient (Wildman–Crippen LogP) is 1.43. The highest BCUT2D eigenvalue weighted by molar-refractivity contribution is 9.09. The Bertz CT molecular complexity index is 577. The highest BCUT2D eigenvalue weighted by Crippen LogP contribution is 2.08. The molecule has 1 aromatic heterocycles. The summed E-state index contributed by atoms with van der Waals surface area (Å²) in [5, 5.41) is 0.112. The molecule has 0 unspecified atom stereocenters. The highest BCUT2D eigenvalue weighted by atomic mass is 79.9. The minimum atomic E-state index is -0.404. The molecule has 0 saturated heterocycles. The van der Waals surface area contributed by atoms with Crippen molar-refractivity contribution in [1.82, 2.24) is 9.55 Å². The van der Waals surface area contributed by atoms with Crippen molar-refractivity contribution in [2.75, 3.05) is 5.33 Å². The van der Waals surface area contributed by atoms with Crippen molar-refractivity contribution in [3.05, 3.63) is 40.8 Å². The van der Waals surface area contributed by atoms with Crippen molar-refractivity contribution in [3.63, 3.8) is 0 Å². The summed E-state index contributed by atoms with van der Waals surface area (Å²) >= 11 is 3.04. The number of hydrogen-bond acceptors (Lipinski definition) is 3. The fourth-order valence-corrected chi connectivity index (χ4v) is 1.63. The summed E-state index contributed by atoms with van der Waals surface area (Å²) in [6.45, 7) is 0. The molecule has 0 amide bonds. The van der Waals surface area contributed by atoms with E-state index in [4.69, 9.17) is 0 Å². The van der Waals surface area contributed by atoms with Crippen LogP contribution in [0.4, 0.5) is 0 Å². The van der Waals surface area contributed by atoms with Gasteiger partial charge in [0.25, 0.3) is 5.56 Å². The van der Waals surface area contributed by atoms with Gasteiger partial charge in [0.15, 0.2) is 0 Å². The van der Waals surface area contributed by atoms with Crippen molar-refractivity contribution in [2.24, 2.45) is 0 Å². The van der Waals surface area contributed by atoms with E-state index in [-0.39, 0.29) is 11.2 Å². The molecule has 1 aromatic carbocycles. The fraction of sp³-hybridized carbons (Fsp3) is 0.100. The van der Waals surface area contributed by atoms with Crippen LogP contribution in [0.15, 0.2) is 35.3 Å². The average Bonchev–Trinajstić information content (AvgIpc) is 2.28. The molecule has 2 aromatic rings. The fourth-order valence-electron chi connectivity index (χ4n) is 1.38. The minimum Gasteiger partial charge on any atom is -0.273 e. The molecular weight excluding hydrogens is 260 g/mol. The molecule has 2 rings (SSSR count). The summed E-state index contributed by atoms with van der Waals surface area (Å²) in [6.07, 6.45) is 1.16. The van der Waals surface area contributed by atoms with Gasteiger partial charge in [-0.25, -0.2) is 9.55 Å².